The highest BCUT2D eigenvalue weighted by atomic mass is 35.5. The van der Waals surface area contributed by atoms with Gasteiger partial charge >= 0.3 is 0 Å². The molecule has 0 atom stereocenters. The summed E-state index contributed by atoms with van der Waals surface area (Å²) in [5, 5.41) is 6.55. The highest BCUT2D eigenvalue weighted by Gasteiger charge is 2.07. The van der Waals surface area contributed by atoms with Crippen LogP contribution in [0.25, 0.3) is 0 Å². The van der Waals surface area contributed by atoms with Gasteiger partial charge in [0.25, 0.3) is 0 Å². The van der Waals surface area contributed by atoms with Crippen LogP contribution in [0.4, 0.5) is 5.69 Å². The first-order valence-electron chi connectivity index (χ1n) is 8.70. The number of nitrogens with one attached hydrogen (secondary N) is 2. The van der Waals surface area contributed by atoms with Crippen molar-refractivity contribution in [3.63, 3.8) is 0 Å². The Bertz CT molecular complexity index is 946. The van der Waals surface area contributed by atoms with E-state index in [-0.39, 0.29) is 17.4 Å². The second-order valence-electron chi connectivity index (χ2n) is 6.11. The molecule has 28 heavy (non-hydrogen) atoms. The van der Waals surface area contributed by atoms with Gasteiger partial charge in [-0.15, -0.1) is 0 Å². The van der Waals surface area contributed by atoms with Gasteiger partial charge in [0.05, 0.1) is 6.42 Å². The number of anilines is 1. The van der Waals surface area contributed by atoms with Crippen molar-refractivity contribution in [1.82, 2.24) is 5.32 Å². The van der Waals surface area contributed by atoms with Crippen LogP contribution in [0, 0.1) is 0 Å². The van der Waals surface area contributed by atoms with Gasteiger partial charge in [0, 0.05) is 16.8 Å². The van der Waals surface area contributed by atoms with Gasteiger partial charge in [-0.25, -0.2) is 0 Å². The summed E-state index contributed by atoms with van der Waals surface area (Å²) in [4.78, 5) is 12.1. The molecule has 6 heteroatoms. The quantitative estimate of drug-likeness (QED) is 0.563. The van der Waals surface area contributed by atoms with Crippen LogP contribution in [0.2, 0.25) is 5.02 Å². The zero-order valence-corrected chi connectivity index (χ0v) is 16.6. The SMILES string of the molecule is O=C(Cc1ccc(Cl)cc1)NC(=S)Nc1cccc(OCc2ccccc2)c1. The molecular formula is C22H19ClN2O2S. The molecule has 3 aromatic carbocycles. The molecular weight excluding hydrogens is 392 g/mol. The normalized spacial score (nSPS) is 10.2. The minimum atomic E-state index is -0.198. The monoisotopic (exact) mass is 410 g/mol. The molecule has 0 spiro atoms. The molecule has 0 saturated carbocycles. The highest BCUT2D eigenvalue weighted by molar-refractivity contribution is 7.80. The Balaban J connectivity index is 1.50. The van der Waals surface area contributed by atoms with Crippen LogP contribution in [0.1, 0.15) is 11.1 Å². The molecule has 0 aromatic heterocycles. The van der Waals surface area contributed by atoms with Crippen LogP contribution in [0.5, 0.6) is 5.75 Å². The van der Waals surface area contributed by atoms with Crippen molar-refractivity contribution in [3.05, 3.63) is 95.0 Å². The van der Waals surface area contributed by atoms with E-state index in [0.717, 1.165) is 16.8 Å². The highest BCUT2D eigenvalue weighted by Crippen LogP contribution is 2.18. The van der Waals surface area contributed by atoms with E-state index in [0.29, 0.717) is 17.4 Å². The summed E-state index contributed by atoms with van der Waals surface area (Å²) in [5.41, 5.74) is 2.69. The van der Waals surface area contributed by atoms with E-state index in [2.05, 4.69) is 10.6 Å². The smallest absolute Gasteiger partial charge is 0.230 e. The summed E-state index contributed by atoms with van der Waals surface area (Å²) in [5.74, 6) is 0.514. The lowest BCUT2D eigenvalue weighted by molar-refractivity contribution is -0.119. The predicted octanol–water partition coefficient (Wildman–Crippen LogP) is 4.97. The molecule has 0 bridgehead atoms. The third-order valence-electron chi connectivity index (χ3n) is 3.87. The fraction of sp³-hybridized carbons (Fsp3) is 0.0909. The molecule has 0 aliphatic rings. The van der Waals surface area contributed by atoms with Gasteiger partial charge < -0.3 is 15.4 Å². The largest absolute Gasteiger partial charge is 0.489 e. The van der Waals surface area contributed by atoms with Crippen LogP contribution in [0.3, 0.4) is 0 Å². The van der Waals surface area contributed by atoms with E-state index >= 15 is 0 Å². The fourth-order valence-electron chi connectivity index (χ4n) is 2.53. The average molecular weight is 411 g/mol. The Morgan fingerprint density at radius 1 is 0.929 bits per heavy atom. The molecule has 4 nitrogen and oxygen atoms in total. The van der Waals surface area contributed by atoms with Crippen molar-refractivity contribution in [3.8, 4) is 5.75 Å². The van der Waals surface area contributed by atoms with Gasteiger partial charge in [-0.05, 0) is 47.6 Å². The number of carbonyl (C=O) groups excluding carboxylic acids is 1. The third kappa shape index (κ3) is 6.37. The first-order chi connectivity index (χ1) is 13.6. The van der Waals surface area contributed by atoms with Crippen molar-refractivity contribution in [2.75, 3.05) is 5.32 Å². The topological polar surface area (TPSA) is 50.4 Å². The number of hydrogen-bond acceptors (Lipinski definition) is 3. The molecule has 0 aliphatic carbocycles. The van der Waals surface area contributed by atoms with Crippen molar-refractivity contribution in [2.24, 2.45) is 0 Å². The first-order valence-corrected chi connectivity index (χ1v) is 9.49. The van der Waals surface area contributed by atoms with Gasteiger partial charge in [-0.2, -0.15) is 0 Å². The molecule has 3 aromatic rings. The van der Waals surface area contributed by atoms with Crippen LogP contribution in [-0.2, 0) is 17.8 Å². The summed E-state index contributed by atoms with van der Waals surface area (Å²) in [6, 6.07) is 24.5. The molecule has 142 valence electrons. The zero-order chi connectivity index (χ0) is 19.8. The molecule has 0 fully saturated rings. The van der Waals surface area contributed by atoms with Crippen LogP contribution >= 0.6 is 23.8 Å². The molecule has 0 radical (unpaired) electrons. The number of hydrogen-bond donors (Lipinski definition) is 2. The summed E-state index contributed by atoms with van der Waals surface area (Å²) in [7, 11) is 0. The molecule has 3 rings (SSSR count). The Hall–Kier alpha value is -2.89. The minimum absolute atomic E-state index is 0.198. The van der Waals surface area contributed by atoms with Gasteiger partial charge in [0.2, 0.25) is 5.91 Å². The van der Waals surface area contributed by atoms with E-state index in [9.17, 15) is 4.79 Å². The van der Waals surface area contributed by atoms with E-state index < -0.39 is 0 Å². The fourth-order valence-corrected chi connectivity index (χ4v) is 2.88. The van der Waals surface area contributed by atoms with Gasteiger partial charge in [0.15, 0.2) is 5.11 Å². The lowest BCUT2D eigenvalue weighted by Gasteiger charge is -2.12. The second-order valence-corrected chi connectivity index (χ2v) is 6.95. The molecule has 2 N–H and O–H groups in total. The molecule has 0 heterocycles. The number of amides is 1. The first kappa shape index (κ1) is 19.9. The average Bonchev–Trinajstić information content (AvgIpc) is 2.69. The van der Waals surface area contributed by atoms with Crippen LogP contribution in [-0.4, -0.2) is 11.0 Å². The number of rotatable bonds is 6. The zero-order valence-electron chi connectivity index (χ0n) is 15.0. The maximum atomic E-state index is 12.1. The van der Waals surface area contributed by atoms with Crippen molar-refractivity contribution >= 4 is 40.5 Å². The number of benzene rings is 3. The maximum absolute atomic E-state index is 12.1. The Kier molecular flexibility index (Phi) is 7.00. The van der Waals surface area contributed by atoms with E-state index in [1.807, 2.05) is 66.7 Å². The number of thiocarbonyl (C=S) groups is 1. The molecule has 0 saturated heterocycles. The van der Waals surface area contributed by atoms with Gasteiger partial charge in [0.1, 0.15) is 12.4 Å². The maximum Gasteiger partial charge on any atom is 0.230 e. The summed E-state index contributed by atoms with van der Waals surface area (Å²) >= 11 is 11.1. The lowest BCUT2D eigenvalue weighted by Crippen LogP contribution is -2.35. The van der Waals surface area contributed by atoms with Crippen LogP contribution in [0.15, 0.2) is 78.9 Å². The van der Waals surface area contributed by atoms with Gasteiger partial charge in [-0.3, -0.25) is 4.79 Å². The Labute approximate surface area is 174 Å². The number of carbonyl (C=O) groups is 1. The minimum Gasteiger partial charge on any atom is -0.489 e. The van der Waals surface area contributed by atoms with E-state index in [1.54, 1.807) is 12.1 Å². The van der Waals surface area contributed by atoms with Crippen molar-refractivity contribution in [1.29, 1.82) is 0 Å². The van der Waals surface area contributed by atoms with Crippen LogP contribution < -0.4 is 15.4 Å². The number of halogens is 1. The summed E-state index contributed by atoms with van der Waals surface area (Å²) in [6.45, 7) is 0.479. The molecule has 0 unspecified atom stereocenters. The standard InChI is InChI=1S/C22H19ClN2O2S/c23-18-11-9-16(10-12-18)13-21(26)25-22(28)24-19-7-4-8-20(14-19)27-15-17-5-2-1-3-6-17/h1-12,14H,13,15H2,(H2,24,25,26,28). The Morgan fingerprint density at radius 3 is 2.43 bits per heavy atom. The third-order valence-corrected chi connectivity index (χ3v) is 4.33. The second kappa shape index (κ2) is 9.88. The van der Waals surface area contributed by atoms with Gasteiger partial charge in [-0.1, -0.05) is 60.1 Å². The number of ether oxygens (including phenoxy) is 1. The predicted molar refractivity (Wildman–Crippen MR) is 117 cm³/mol. The van der Waals surface area contributed by atoms with Crippen molar-refractivity contribution in [2.45, 2.75) is 13.0 Å². The molecule has 0 aliphatic heterocycles. The Morgan fingerprint density at radius 2 is 1.68 bits per heavy atom. The van der Waals surface area contributed by atoms with E-state index in [1.165, 1.54) is 0 Å². The van der Waals surface area contributed by atoms with Crippen molar-refractivity contribution < 1.29 is 9.53 Å². The molecule has 1 amide bonds. The summed E-state index contributed by atoms with van der Waals surface area (Å²) < 4.78 is 5.80. The van der Waals surface area contributed by atoms with E-state index in [4.69, 9.17) is 28.6 Å². The summed E-state index contributed by atoms with van der Waals surface area (Å²) in [6.07, 6.45) is 0.221. The lowest BCUT2D eigenvalue weighted by atomic mass is 10.1.